The molecule has 0 amide bonds. The molecule has 0 saturated heterocycles. The molecular formula is C13H20INO3S. The van der Waals surface area contributed by atoms with Gasteiger partial charge in [0.2, 0.25) is 0 Å². The van der Waals surface area contributed by atoms with Gasteiger partial charge in [-0.05, 0) is 73.5 Å². The first kappa shape index (κ1) is 16.9. The van der Waals surface area contributed by atoms with E-state index in [1.807, 2.05) is 0 Å². The first-order valence-corrected chi connectivity index (χ1v) is 8.81. The Bertz CT molecular complexity index is 497. The summed E-state index contributed by atoms with van der Waals surface area (Å²) in [6.45, 7) is 4.73. The van der Waals surface area contributed by atoms with E-state index in [0.29, 0.717) is 13.0 Å². The van der Waals surface area contributed by atoms with Crippen LogP contribution in [0.3, 0.4) is 0 Å². The van der Waals surface area contributed by atoms with Crippen LogP contribution in [0.4, 0.5) is 0 Å². The highest BCUT2D eigenvalue weighted by molar-refractivity contribution is 14.1. The Morgan fingerprint density at radius 2 is 1.84 bits per heavy atom. The van der Waals surface area contributed by atoms with Gasteiger partial charge in [-0.15, -0.1) is 0 Å². The Morgan fingerprint density at radius 3 is 2.37 bits per heavy atom. The summed E-state index contributed by atoms with van der Waals surface area (Å²) in [4.78, 5) is 0. The van der Waals surface area contributed by atoms with E-state index < -0.39 is 10.1 Å². The third-order valence-electron chi connectivity index (χ3n) is 2.74. The summed E-state index contributed by atoms with van der Waals surface area (Å²) in [6, 6.07) is 8.35. The first-order chi connectivity index (χ1) is 8.68. The predicted molar refractivity (Wildman–Crippen MR) is 86.0 cm³/mol. The van der Waals surface area contributed by atoms with Crippen LogP contribution in [-0.4, -0.2) is 30.8 Å². The summed E-state index contributed by atoms with van der Waals surface area (Å²) in [5.74, 6) is -0.195. The van der Waals surface area contributed by atoms with Crippen LogP contribution in [0.25, 0.3) is 0 Å². The fraction of sp³-hybridized carbons (Fsp3) is 0.538. The fourth-order valence-electron chi connectivity index (χ4n) is 1.86. The van der Waals surface area contributed by atoms with Gasteiger partial charge in [-0.3, -0.25) is 4.55 Å². The Balaban J connectivity index is 2.41. The van der Waals surface area contributed by atoms with Crippen LogP contribution in [0.15, 0.2) is 24.3 Å². The van der Waals surface area contributed by atoms with Crippen LogP contribution in [0.5, 0.6) is 0 Å². The quantitative estimate of drug-likeness (QED) is 0.422. The molecule has 19 heavy (non-hydrogen) atoms. The van der Waals surface area contributed by atoms with Crippen LogP contribution in [0.1, 0.15) is 25.8 Å². The number of hydrogen-bond donors (Lipinski definition) is 2. The summed E-state index contributed by atoms with van der Waals surface area (Å²) < 4.78 is 31.1. The molecule has 1 aromatic carbocycles. The Hall–Kier alpha value is -0.180. The summed E-state index contributed by atoms with van der Waals surface area (Å²) in [5.41, 5.74) is 1.14. The van der Waals surface area contributed by atoms with Crippen molar-refractivity contribution in [3.05, 3.63) is 33.4 Å². The zero-order chi connectivity index (χ0) is 14.5. The normalized spacial score (nSPS) is 12.6. The second-order valence-electron chi connectivity index (χ2n) is 5.25. The maximum atomic E-state index is 10.6. The molecule has 0 aromatic heterocycles. The van der Waals surface area contributed by atoms with Crippen LogP contribution in [0, 0.1) is 3.57 Å². The fourth-order valence-corrected chi connectivity index (χ4v) is 2.73. The maximum absolute atomic E-state index is 10.6. The van der Waals surface area contributed by atoms with E-state index in [0.717, 1.165) is 6.42 Å². The highest BCUT2D eigenvalue weighted by Gasteiger charge is 2.17. The monoisotopic (exact) mass is 397 g/mol. The molecule has 108 valence electrons. The van der Waals surface area contributed by atoms with Gasteiger partial charge < -0.3 is 5.32 Å². The van der Waals surface area contributed by atoms with Crippen molar-refractivity contribution in [1.29, 1.82) is 0 Å². The van der Waals surface area contributed by atoms with Crippen molar-refractivity contribution in [2.45, 2.75) is 32.2 Å². The van der Waals surface area contributed by atoms with Gasteiger partial charge in [0.25, 0.3) is 10.1 Å². The Kier molecular flexibility index (Phi) is 6.22. The average Bonchev–Trinajstić information content (AvgIpc) is 2.26. The van der Waals surface area contributed by atoms with Crippen molar-refractivity contribution in [1.82, 2.24) is 5.32 Å². The molecule has 0 aliphatic rings. The molecule has 0 spiro atoms. The number of hydrogen-bond acceptors (Lipinski definition) is 3. The summed E-state index contributed by atoms with van der Waals surface area (Å²) in [6.07, 6.45) is 1.28. The molecule has 2 N–H and O–H groups in total. The molecule has 0 fully saturated rings. The summed E-state index contributed by atoms with van der Waals surface area (Å²) in [7, 11) is -3.85. The minimum absolute atomic E-state index is 0.105. The number of benzene rings is 1. The minimum Gasteiger partial charge on any atom is -0.311 e. The molecule has 0 saturated carbocycles. The Morgan fingerprint density at radius 1 is 1.26 bits per heavy atom. The molecule has 4 nitrogen and oxygen atoms in total. The zero-order valence-corrected chi connectivity index (χ0v) is 14.2. The largest absolute Gasteiger partial charge is 0.311 e. The van der Waals surface area contributed by atoms with Crippen LogP contribution < -0.4 is 5.32 Å². The van der Waals surface area contributed by atoms with E-state index in [2.05, 4.69) is 66.0 Å². The lowest BCUT2D eigenvalue weighted by Gasteiger charge is -2.26. The first-order valence-electron chi connectivity index (χ1n) is 6.13. The highest BCUT2D eigenvalue weighted by atomic mass is 127. The van der Waals surface area contributed by atoms with Crippen LogP contribution in [0.2, 0.25) is 0 Å². The standard InChI is InChI=1S/C13H20INO3S/c1-13(2,15-8-3-9-19(16,17)18)10-11-4-6-12(14)7-5-11/h4-7,15H,3,8-10H2,1-2H3,(H,16,17,18). The molecule has 0 aliphatic carbocycles. The number of halogens is 1. The van der Waals surface area contributed by atoms with Crippen molar-refractivity contribution in [2.24, 2.45) is 0 Å². The number of rotatable bonds is 7. The Labute approximate surface area is 128 Å². The van der Waals surface area contributed by atoms with Gasteiger partial charge in [-0.2, -0.15) is 8.42 Å². The lowest BCUT2D eigenvalue weighted by Crippen LogP contribution is -2.42. The average molecular weight is 397 g/mol. The van der Waals surface area contributed by atoms with E-state index >= 15 is 0 Å². The van der Waals surface area contributed by atoms with Crippen molar-refractivity contribution in [3.8, 4) is 0 Å². The molecule has 0 atom stereocenters. The van der Waals surface area contributed by atoms with Crippen molar-refractivity contribution in [3.63, 3.8) is 0 Å². The molecule has 0 bridgehead atoms. The number of nitrogens with one attached hydrogen (secondary N) is 1. The lowest BCUT2D eigenvalue weighted by molar-refractivity contribution is 0.385. The molecule has 0 aliphatic heterocycles. The smallest absolute Gasteiger partial charge is 0.264 e. The third-order valence-corrected chi connectivity index (χ3v) is 4.27. The summed E-state index contributed by atoms with van der Waals surface area (Å²) >= 11 is 2.27. The van der Waals surface area contributed by atoms with Gasteiger partial charge in [0.1, 0.15) is 0 Å². The maximum Gasteiger partial charge on any atom is 0.264 e. The van der Waals surface area contributed by atoms with Crippen LogP contribution in [-0.2, 0) is 16.5 Å². The van der Waals surface area contributed by atoms with Crippen molar-refractivity contribution in [2.75, 3.05) is 12.3 Å². The molecule has 1 rings (SSSR count). The molecule has 0 unspecified atom stereocenters. The van der Waals surface area contributed by atoms with Gasteiger partial charge >= 0.3 is 0 Å². The van der Waals surface area contributed by atoms with Crippen molar-refractivity contribution < 1.29 is 13.0 Å². The van der Waals surface area contributed by atoms with E-state index in [1.54, 1.807) is 0 Å². The second-order valence-corrected chi connectivity index (χ2v) is 8.07. The second kappa shape index (κ2) is 7.01. The zero-order valence-electron chi connectivity index (χ0n) is 11.2. The van der Waals surface area contributed by atoms with E-state index in [1.165, 1.54) is 9.13 Å². The SMILES string of the molecule is CC(C)(Cc1ccc(I)cc1)NCCCS(=O)(=O)O. The van der Waals surface area contributed by atoms with E-state index in [-0.39, 0.29) is 11.3 Å². The van der Waals surface area contributed by atoms with Gasteiger partial charge in [-0.1, -0.05) is 12.1 Å². The van der Waals surface area contributed by atoms with Gasteiger partial charge in [-0.25, -0.2) is 0 Å². The highest BCUT2D eigenvalue weighted by Crippen LogP contribution is 2.14. The molecular weight excluding hydrogens is 377 g/mol. The molecule has 6 heteroatoms. The minimum atomic E-state index is -3.85. The van der Waals surface area contributed by atoms with Crippen molar-refractivity contribution >= 4 is 32.7 Å². The lowest BCUT2D eigenvalue weighted by atomic mass is 9.95. The molecule has 1 aromatic rings. The van der Waals surface area contributed by atoms with Crippen LogP contribution >= 0.6 is 22.6 Å². The topological polar surface area (TPSA) is 66.4 Å². The van der Waals surface area contributed by atoms with Gasteiger partial charge in [0.15, 0.2) is 0 Å². The summed E-state index contributed by atoms with van der Waals surface area (Å²) in [5, 5.41) is 3.32. The van der Waals surface area contributed by atoms with Gasteiger partial charge in [0.05, 0.1) is 5.75 Å². The molecule has 0 radical (unpaired) electrons. The molecule has 0 heterocycles. The van der Waals surface area contributed by atoms with Gasteiger partial charge in [0, 0.05) is 9.11 Å². The third kappa shape index (κ3) is 7.86. The predicted octanol–water partition coefficient (Wildman–Crippen LogP) is 2.48. The van der Waals surface area contributed by atoms with E-state index in [9.17, 15) is 8.42 Å². The van der Waals surface area contributed by atoms with E-state index in [4.69, 9.17) is 4.55 Å².